The molecule has 4 heteroatoms. The number of fused-ring (bicyclic) bond motifs is 1. The molecule has 4 nitrogen and oxygen atoms in total. The molecule has 0 aliphatic carbocycles. The Morgan fingerprint density at radius 1 is 0.900 bits per heavy atom. The second-order valence-corrected chi connectivity index (χ2v) is 4.57. The lowest BCUT2D eigenvalue weighted by Gasteiger charge is -2.08. The van der Waals surface area contributed by atoms with Crippen molar-refractivity contribution in [1.82, 2.24) is 9.97 Å². The van der Waals surface area contributed by atoms with Gasteiger partial charge < -0.3 is 10.6 Å². The molecule has 0 fully saturated rings. The summed E-state index contributed by atoms with van der Waals surface area (Å²) in [4.78, 5) is 8.29. The van der Waals surface area contributed by atoms with Crippen molar-refractivity contribution in [3.05, 3.63) is 60.4 Å². The molecular formula is C16H16N4. The number of anilines is 2. The highest BCUT2D eigenvalue weighted by Gasteiger charge is 1.99. The fourth-order valence-electron chi connectivity index (χ4n) is 2.13. The molecule has 1 aromatic heterocycles. The highest BCUT2D eigenvalue weighted by Crippen LogP contribution is 2.16. The third kappa shape index (κ3) is 2.69. The third-order valence-corrected chi connectivity index (χ3v) is 3.21. The SMILES string of the molecule is CNc1cc(NCc2ccc3ccccc3c2)ncn1. The largest absolute Gasteiger partial charge is 0.373 e. The van der Waals surface area contributed by atoms with E-state index < -0.39 is 0 Å². The Kier molecular flexibility index (Phi) is 3.46. The molecule has 2 N–H and O–H groups in total. The summed E-state index contributed by atoms with van der Waals surface area (Å²) >= 11 is 0. The molecule has 100 valence electrons. The van der Waals surface area contributed by atoms with Crippen molar-refractivity contribution >= 4 is 22.4 Å². The zero-order chi connectivity index (χ0) is 13.8. The van der Waals surface area contributed by atoms with Crippen molar-refractivity contribution in [2.75, 3.05) is 17.7 Å². The topological polar surface area (TPSA) is 49.8 Å². The van der Waals surface area contributed by atoms with Gasteiger partial charge in [0.1, 0.15) is 18.0 Å². The van der Waals surface area contributed by atoms with Gasteiger partial charge in [-0.05, 0) is 22.4 Å². The van der Waals surface area contributed by atoms with Crippen LogP contribution in [-0.2, 0) is 6.54 Å². The molecule has 0 radical (unpaired) electrons. The van der Waals surface area contributed by atoms with Gasteiger partial charge in [-0.15, -0.1) is 0 Å². The van der Waals surface area contributed by atoms with Gasteiger partial charge in [0.2, 0.25) is 0 Å². The summed E-state index contributed by atoms with van der Waals surface area (Å²) in [6, 6.07) is 16.7. The van der Waals surface area contributed by atoms with E-state index in [9.17, 15) is 0 Å². The average molecular weight is 264 g/mol. The van der Waals surface area contributed by atoms with Crippen molar-refractivity contribution < 1.29 is 0 Å². The molecule has 0 aliphatic rings. The summed E-state index contributed by atoms with van der Waals surface area (Å²) in [5.74, 6) is 1.62. The average Bonchev–Trinajstić information content (AvgIpc) is 2.53. The predicted octanol–water partition coefficient (Wildman–Crippen LogP) is 3.28. The van der Waals surface area contributed by atoms with Gasteiger partial charge in [-0.25, -0.2) is 9.97 Å². The third-order valence-electron chi connectivity index (χ3n) is 3.21. The summed E-state index contributed by atoms with van der Waals surface area (Å²) in [7, 11) is 1.84. The maximum atomic E-state index is 4.20. The first kappa shape index (κ1) is 12.4. The summed E-state index contributed by atoms with van der Waals surface area (Å²) in [5.41, 5.74) is 1.23. The summed E-state index contributed by atoms with van der Waals surface area (Å²) < 4.78 is 0. The summed E-state index contributed by atoms with van der Waals surface area (Å²) in [5, 5.41) is 8.82. The highest BCUT2D eigenvalue weighted by atomic mass is 15.0. The minimum Gasteiger partial charge on any atom is -0.373 e. The van der Waals surface area contributed by atoms with E-state index in [1.807, 2.05) is 13.1 Å². The predicted molar refractivity (Wildman–Crippen MR) is 82.9 cm³/mol. The van der Waals surface area contributed by atoms with Crippen LogP contribution in [0.5, 0.6) is 0 Å². The first-order chi connectivity index (χ1) is 9.85. The molecule has 2 aromatic carbocycles. The Bertz CT molecular complexity index is 724. The maximum absolute atomic E-state index is 4.20. The Balaban J connectivity index is 1.76. The van der Waals surface area contributed by atoms with Crippen LogP contribution in [0.25, 0.3) is 10.8 Å². The van der Waals surface area contributed by atoms with Crippen molar-refractivity contribution in [3.8, 4) is 0 Å². The molecule has 0 saturated carbocycles. The fraction of sp³-hybridized carbons (Fsp3) is 0.125. The lowest BCUT2D eigenvalue weighted by molar-refractivity contribution is 1.08. The summed E-state index contributed by atoms with van der Waals surface area (Å²) in [6.07, 6.45) is 1.55. The smallest absolute Gasteiger partial charge is 0.131 e. The monoisotopic (exact) mass is 264 g/mol. The lowest BCUT2D eigenvalue weighted by atomic mass is 10.1. The van der Waals surface area contributed by atoms with E-state index in [0.29, 0.717) is 0 Å². The molecule has 0 spiro atoms. The van der Waals surface area contributed by atoms with E-state index in [0.717, 1.165) is 18.2 Å². The Hall–Kier alpha value is -2.62. The van der Waals surface area contributed by atoms with Gasteiger partial charge >= 0.3 is 0 Å². The van der Waals surface area contributed by atoms with Crippen LogP contribution in [0, 0.1) is 0 Å². The number of nitrogens with zero attached hydrogens (tertiary/aromatic N) is 2. The molecule has 0 amide bonds. The normalized spacial score (nSPS) is 10.4. The second kappa shape index (κ2) is 5.57. The molecule has 3 rings (SSSR count). The van der Waals surface area contributed by atoms with E-state index in [-0.39, 0.29) is 0 Å². The Morgan fingerprint density at radius 2 is 1.70 bits per heavy atom. The number of hydrogen-bond donors (Lipinski definition) is 2. The minimum absolute atomic E-state index is 0.741. The molecule has 0 bridgehead atoms. The van der Waals surface area contributed by atoms with Gasteiger partial charge in [0.25, 0.3) is 0 Å². The van der Waals surface area contributed by atoms with Gasteiger partial charge in [-0.3, -0.25) is 0 Å². The summed E-state index contributed by atoms with van der Waals surface area (Å²) in [6.45, 7) is 0.741. The maximum Gasteiger partial charge on any atom is 0.131 e. The molecule has 0 atom stereocenters. The first-order valence-electron chi connectivity index (χ1n) is 6.56. The number of aromatic nitrogens is 2. The van der Waals surface area contributed by atoms with Gasteiger partial charge in [0.15, 0.2) is 0 Å². The Morgan fingerprint density at radius 3 is 2.55 bits per heavy atom. The van der Waals surface area contributed by atoms with Crippen LogP contribution in [0.1, 0.15) is 5.56 Å². The van der Waals surface area contributed by atoms with Crippen molar-refractivity contribution in [1.29, 1.82) is 0 Å². The molecule has 1 heterocycles. The standard InChI is InChI=1S/C16H16N4/c1-17-15-9-16(20-11-19-15)18-10-12-6-7-13-4-2-3-5-14(13)8-12/h2-9,11H,10H2,1H3,(H2,17,18,19,20). The number of rotatable bonds is 4. The number of nitrogens with one attached hydrogen (secondary N) is 2. The van der Waals surface area contributed by atoms with Crippen LogP contribution in [0.3, 0.4) is 0 Å². The van der Waals surface area contributed by atoms with Crippen LogP contribution in [0.2, 0.25) is 0 Å². The van der Waals surface area contributed by atoms with E-state index in [2.05, 4.69) is 63.1 Å². The molecule has 20 heavy (non-hydrogen) atoms. The Labute approximate surface area is 117 Å². The van der Waals surface area contributed by atoms with Gasteiger partial charge in [-0.2, -0.15) is 0 Å². The van der Waals surface area contributed by atoms with Gasteiger partial charge in [-0.1, -0.05) is 36.4 Å². The van der Waals surface area contributed by atoms with E-state index in [1.54, 1.807) is 6.33 Å². The highest BCUT2D eigenvalue weighted by molar-refractivity contribution is 5.83. The van der Waals surface area contributed by atoms with Crippen LogP contribution in [0.4, 0.5) is 11.6 Å². The second-order valence-electron chi connectivity index (χ2n) is 4.57. The fourth-order valence-corrected chi connectivity index (χ4v) is 2.13. The van der Waals surface area contributed by atoms with Gasteiger partial charge in [0.05, 0.1) is 0 Å². The zero-order valence-corrected chi connectivity index (χ0v) is 11.3. The lowest BCUT2D eigenvalue weighted by Crippen LogP contribution is -2.03. The van der Waals surface area contributed by atoms with Crippen molar-refractivity contribution in [3.63, 3.8) is 0 Å². The van der Waals surface area contributed by atoms with Crippen molar-refractivity contribution in [2.45, 2.75) is 6.54 Å². The number of benzene rings is 2. The van der Waals surface area contributed by atoms with Crippen LogP contribution >= 0.6 is 0 Å². The van der Waals surface area contributed by atoms with Crippen LogP contribution in [-0.4, -0.2) is 17.0 Å². The molecule has 3 aromatic rings. The van der Waals surface area contributed by atoms with E-state index in [1.165, 1.54) is 16.3 Å². The molecule has 0 unspecified atom stereocenters. The molecule has 0 aliphatic heterocycles. The van der Waals surface area contributed by atoms with Crippen molar-refractivity contribution in [2.24, 2.45) is 0 Å². The quantitative estimate of drug-likeness (QED) is 0.759. The molecule has 0 saturated heterocycles. The zero-order valence-electron chi connectivity index (χ0n) is 11.3. The molecular weight excluding hydrogens is 248 g/mol. The van der Waals surface area contributed by atoms with Crippen LogP contribution < -0.4 is 10.6 Å². The van der Waals surface area contributed by atoms with Crippen LogP contribution in [0.15, 0.2) is 54.9 Å². The van der Waals surface area contributed by atoms with E-state index >= 15 is 0 Å². The van der Waals surface area contributed by atoms with E-state index in [4.69, 9.17) is 0 Å². The minimum atomic E-state index is 0.741. The first-order valence-corrected chi connectivity index (χ1v) is 6.56. The van der Waals surface area contributed by atoms with Gasteiger partial charge in [0, 0.05) is 19.7 Å². The number of hydrogen-bond acceptors (Lipinski definition) is 4.